The second-order valence-electron chi connectivity index (χ2n) is 4.47. The SMILES string of the molecule is COCCSCC1COCCOCCOCCOCCO1. The van der Waals surface area contributed by atoms with Crippen LogP contribution < -0.4 is 0 Å². The molecule has 0 radical (unpaired) electrons. The molecule has 1 aliphatic heterocycles. The van der Waals surface area contributed by atoms with Crippen LogP contribution in [0.15, 0.2) is 0 Å². The van der Waals surface area contributed by atoms with Crippen molar-refractivity contribution in [3.8, 4) is 0 Å². The van der Waals surface area contributed by atoms with Crippen molar-refractivity contribution in [1.82, 2.24) is 0 Å². The van der Waals surface area contributed by atoms with E-state index in [0.29, 0.717) is 59.5 Å². The van der Waals surface area contributed by atoms with Crippen molar-refractivity contribution >= 4 is 11.8 Å². The third-order valence-corrected chi connectivity index (χ3v) is 3.80. The topological polar surface area (TPSA) is 55.4 Å². The molecule has 0 N–H and O–H groups in total. The van der Waals surface area contributed by atoms with E-state index in [1.807, 2.05) is 11.8 Å². The Balaban J connectivity index is 2.20. The van der Waals surface area contributed by atoms with Crippen LogP contribution in [0.3, 0.4) is 0 Å². The summed E-state index contributed by atoms with van der Waals surface area (Å²) in [5, 5.41) is 0. The van der Waals surface area contributed by atoms with Crippen LogP contribution in [0.1, 0.15) is 0 Å². The molecule has 1 fully saturated rings. The van der Waals surface area contributed by atoms with Gasteiger partial charge in [-0.15, -0.1) is 0 Å². The maximum absolute atomic E-state index is 5.81. The molecule has 7 heteroatoms. The van der Waals surface area contributed by atoms with Gasteiger partial charge < -0.3 is 28.4 Å². The normalized spacial score (nSPS) is 24.1. The lowest BCUT2D eigenvalue weighted by atomic mass is 10.4. The molecule has 0 aromatic heterocycles. The average molecular weight is 324 g/mol. The first-order valence-corrected chi connectivity index (χ1v) is 8.58. The molecule has 1 rings (SSSR count). The summed E-state index contributed by atoms with van der Waals surface area (Å²) in [7, 11) is 1.71. The Bertz CT molecular complexity index is 204. The van der Waals surface area contributed by atoms with Gasteiger partial charge in [-0.25, -0.2) is 0 Å². The highest BCUT2D eigenvalue weighted by Gasteiger charge is 2.10. The molecule has 0 saturated carbocycles. The summed E-state index contributed by atoms with van der Waals surface area (Å²) in [6, 6.07) is 0. The maximum atomic E-state index is 5.81. The minimum atomic E-state index is 0.0804. The highest BCUT2D eigenvalue weighted by atomic mass is 32.2. The third-order valence-electron chi connectivity index (χ3n) is 2.74. The average Bonchev–Trinajstić information content (AvgIpc) is 2.51. The van der Waals surface area contributed by atoms with E-state index in [-0.39, 0.29) is 6.10 Å². The van der Waals surface area contributed by atoms with E-state index in [2.05, 4.69) is 0 Å². The van der Waals surface area contributed by atoms with Gasteiger partial charge in [0.15, 0.2) is 0 Å². The van der Waals surface area contributed by atoms with Crippen LogP contribution in [0, 0.1) is 0 Å². The smallest absolute Gasteiger partial charge is 0.0899 e. The zero-order valence-corrected chi connectivity index (χ0v) is 13.7. The van der Waals surface area contributed by atoms with Crippen LogP contribution >= 0.6 is 11.8 Å². The van der Waals surface area contributed by atoms with Crippen LogP contribution in [0.2, 0.25) is 0 Å². The summed E-state index contributed by atoms with van der Waals surface area (Å²) in [5.74, 6) is 1.86. The molecule has 0 aromatic carbocycles. The minimum absolute atomic E-state index is 0.0804. The van der Waals surface area contributed by atoms with Crippen LogP contribution in [0.25, 0.3) is 0 Å². The summed E-state index contributed by atoms with van der Waals surface area (Å²) >= 11 is 1.81. The molecule has 1 atom stereocenters. The van der Waals surface area contributed by atoms with Crippen LogP contribution in [0.4, 0.5) is 0 Å². The largest absolute Gasteiger partial charge is 0.384 e. The molecule has 6 nitrogen and oxygen atoms in total. The fourth-order valence-corrected chi connectivity index (χ4v) is 2.56. The molecule has 0 aromatic rings. The van der Waals surface area contributed by atoms with E-state index in [1.165, 1.54) is 0 Å². The van der Waals surface area contributed by atoms with E-state index in [0.717, 1.165) is 18.1 Å². The molecule has 1 unspecified atom stereocenters. The molecule has 0 bridgehead atoms. The molecule has 1 heterocycles. The van der Waals surface area contributed by atoms with Crippen LogP contribution in [-0.2, 0) is 28.4 Å². The lowest BCUT2D eigenvalue weighted by Crippen LogP contribution is -2.26. The van der Waals surface area contributed by atoms with Crippen molar-refractivity contribution in [2.24, 2.45) is 0 Å². The van der Waals surface area contributed by atoms with E-state index in [1.54, 1.807) is 7.11 Å². The number of hydrogen-bond donors (Lipinski definition) is 0. The van der Waals surface area contributed by atoms with Crippen molar-refractivity contribution in [3.05, 3.63) is 0 Å². The Morgan fingerprint density at radius 1 is 0.857 bits per heavy atom. The molecule has 0 amide bonds. The summed E-state index contributed by atoms with van der Waals surface area (Å²) in [5.41, 5.74) is 0. The van der Waals surface area contributed by atoms with Crippen LogP contribution in [-0.4, -0.2) is 90.8 Å². The highest BCUT2D eigenvalue weighted by Crippen LogP contribution is 2.07. The van der Waals surface area contributed by atoms with E-state index in [9.17, 15) is 0 Å². The van der Waals surface area contributed by atoms with Gasteiger partial charge in [0, 0.05) is 18.6 Å². The van der Waals surface area contributed by atoms with Gasteiger partial charge in [0.1, 0.15) is 0 Å². The van der Waals surface area contributed by atoms with Crippen molar-refractivity contribution < 1.29 is 28.4 Å². The van der Waals surface area contributed by atoms with Gasteiger partial charge in [0.25, 0.3) is 0 Å². The Morgan fingerprint density at radius 3 is 2.05 bits per heavy atom. The first kappa shape index (κ1) is 19.2. The predicted octanol–water partition coefficient (Wildman–Crippen LogP) is 0.831. The van der Waals surface area contributed by atoms with E-state index < -0.39 is 0 Å². The van der Waals surface area contributed by atoms with Gasteiger partial charge in [-0.1, -0.05) is 0 Å². The molecule has 1 aliphatic rings. The summed E-state index contributed by atoms with van der Waals surface area (Å²) in [6.07, 6.45) is 0.0804. The Morgan fingerprint density at radius 2 is 1.43 bits per heavy atom. The van der Waals surface area contributed by atoms with Gasteiger partial charge in [0.05, 0.1) is 72.2 Å². The second-order valence-corrected chi connectivity index (χ2v) is 5.62. The van der Waals surface area contributed by atoms with Crippen molar-refractivity contribution in [1.29, 1.82) is 0 Å². The first-order valence-electron chi connectivity index (χ1n) is 7.42. The third kappa shape index (κ3) is 12.3. The van der Waals surface area contributed by atoms with Crippen molar-refractivity contribution in [3.63, 3.8) is 0 Å². The van der Waals surface area contributed by atoms with E-state index >= 15 is 0 Å². The number of ether oxygens (including phenoxy) is 6. The number of rotatable bonds is 5. The summed E-state index contributed by atoms with van der Waals surface area (Å²) < 4.78 is 32.7. The second kappa shape index (κ2) is 15.0. The number of methoxy groups -OCH3 is 1. The van der Waals surface area contributed by atoms with Crippen molar-refractivity contribution in [2.75, 3.05) is 84.7 Å². The minimum Gasteiger partial charge on any atom is -0.384 e. The number of hydrogen-bond acceptors (Lipinski definition) is 7. The summed E-state index contributed by atoms with van der Waals surface area (Å²) in [6.45, 7) is 6.05. The zero-order valence-electron chi connectivity index (χ0n) is 12.9. The molecular weight excluding hydrogens is 296 g/mol. The molecule has 126 valence electrons. The molecule has 0 aliphatic carbocycles. The zero-order chi connectivity index (χ0) is 15.0. The Kier molecular flexibility index (Phi) is 13.7. The van der Waals surface area contributed by atoms with Gasteiger partial charge in [-0.2, -0.15) is 11.8 Å². The predicted molar refractivity (Wildman–Crippen MR) is 82.2 cm³/mol. The first-order chi connectivity index (χ1) is 10.4. The lowest BCUT2D eigenvalue weighted by molar-refractivity contribution is -0.0359. The summed E-state index contributed by atoms with van der Waals surface area (Å²) in [4.78, 5) is 0. The molecule has 0 spiro atoms. The lowest BCUT2D eigenvalue weighted by Gasteiger charge is -2.18. The molecule has 1 saturated heterocycles. The van der Waals surface area contributed by atoms with Gasteiger partial charge in [-0.3, -0.25) is 0 Å². The van der Waals surface area contributed by atoms with Gasteiger partial charge in [0.2, 0.25) is 0 Å². The quantitative estimate of drug-likeness (QED) is 0.694. The fraction of sp³-hybridized carbons (Fsp3) is 1.00. The van der Waals surface area contributed by atoms with Gasteiger partial charge in [-0.05, 0) is 0 Å². The monoisotopic (exact) mass is 324 g/mol. The standard InChI is InChI=1S/C14H28O6S/c1-15-10-11-21-13-14-12-19-7-6-17-3-2-16-4-5-18-8-9-20-14/h14H,2-13H2,1H3. The molecular formula is C14H28O6S. The van der Waals surface area contributed by atoms with Gasteiger partial charge >= 0.3 is 0 Å². The Hall–Kier alpha value is 0.110. The van der Waals surface area contributed by atoms with E-state index in [4.69, 9.17) is 28.4 Å². The Labute approximate surface area is 131 Å². The highest BCUT2D eigenvalue weighted by molar-refractivity contribution is 7.99. The molecule has 21 heavy (non-hydrogen) atoms. The number of thioether (sulfide) groups is 1. The van der Waals surface area contributed by atoms with Crippen LogP contribution in [0.5, 0.6) is 0 Å². The fourth-order valence-electron chi connectivity index (χ4n) is 1.65. The van der Waals surface area contributed by atoms with Crippen molar-refractivity contribution in [2.45, 2.75) is 6.10 Å². The maximum Gasteiger partial charge on any atom is 0.0899 e.